The number of methoxy groups -OCH3 is 1. The van der Waals surface area contributed by atoms with E-state index in [0.29, 0.717) is 18.1 Å². The summed E-state index contributed by atoms with van der Waals surface area (Å²) in [5.41, 5.74) is 3.59. The van der Waals surface area contributed by atoms with Crippen LogP contribution < -0.4 is 15.6 Å². The second-order valence-electron chi connectivity index (χ2n) is 8.26. The van der Waals surface area contributed by atoms with Crippen molar-refractivity contribution in [1.29, 1.82) is 0 Å². The third kappa shape index (κ3) is 4.42. The van der Waals surface area contributed by atoms with E-state index in [1.54, 1.807) is 17.7 Å². The molecule has 0 unspecified atom stereocenters. The van der Waals surface area contributed by atoms with Crippen LogP contribution in [-0.4, -0.2) is 34.9 Å². The van der Waals surface area contributed by atoms with Crippen molar-refractivity contribution in [3.63, 3.8) is 0 Å². The van der Waals surface area contributed by atoms with Crippen molar-refractivity contribution in [3.05, 3.63) is 63.7 Å². The fourth-order valence-electron chi connectivity index (χ4n) is 4.06. The predicted octanol–water partition coefficient (Wildman–Crippen LogP) is 3.41. The fraction of sp³-hybridized carbons (Fsp3) is 0.478. The lowest BCUT2D eigenvalue weighted by atomic mass is 9.97. The van der Waals surface area contributed by atoms with Crippen LogP contribution in [0.3, 0.4) is 0 Å². The van der Waals surface area contributed by atoms with E-state index in [0.717, 1.165) is 48.8 Å². The van der Waals surface area contributed by atoms with Gasteiger partial charge in [-0.05, 0) is 36.5 Å². The number of benzene rings is 1. The topological polar surface area (TPSA) is 80.6 Å². The van der Waals surface area contributed by atoms with Crippen LogP contribution in [0.1, 0.15) is 55.6 Å². The van der Waals surface area contributed by atoms with Crippen molar-refractivity contribution in [2.45, 2.75) is 45.2 Å². The van der Waals surface area contributed by atoms with Crippen molar-refractivity contribution < 1.29 is 9.47 Å². The minimum absolute atomic E-state index is 0.0220. The van der Waals surface area contributed by atoms with Gasteiger partial charge in [0.1, 0.15) is 5.75 Å². The normalized spacial score (nSPS) is 16.3. The van der Waals surface area contributed by atoms with E-state index in [4.69, 9.17) is 14.5 Å². The van der Waals surface area contributed by atoms with Gasteiger partial charge in [0.05, 0.1) is 18.8 Å². The van der Waals surface area contributed by atoms with Crippen LogP contribution >= 0.6 is 0 Å². The van der Waals surface area contributed by atoms with E-state index >= 15 is 0 Å². The first-order valence-corrected chi connectivity index (χ1v) is 10.6. The molecule has 1 fully saturated rings. The summed E-state index contributed by atoms with van der Waals surface area (Å²) in [5, 5.41) is 6.82. The average Bonchev–Trinajstić information content (AvgIpc) is 3.20. The Balaban J connectivity index is 1.57. The summed E-state index contributed by atoms with van der Waals surface area (Å²) < 4.78 is 12.2. The molecule has 0 amide bonds. The van der Waals surface area contributed by atoms with E-state index in [-0.39, 0.29) is 17.5 Å². The molecule has 160 valence electrons. The highest BCUT2D eigenvalue weighted by Crippen LogP contribution is 2.27. The highest BCUT2D eigenvalue weighted by atomic mass is 16.5. The predicted molar refractivity (Wildman–Crippen MR) is 116 cm³/mol. The molecule has 1 saturated heterocycles. The third-order valence-corrected chi connectivity index (χ3v) is 5.82. The number of H-pyrrole nitrogens is 1. The zero-order valence-corrected chi connectivity index (χ0v) is 17.9. The van der Waals surface area contributed by atoms with Gasteiger partial charge in [-0.3, -0.25) is 9.89 Å². The number of aromatic amines is 1. The largest absolute Gasteiger partial charge is 0.497 e. The molecule has 0 radical (unpaired) electrons. The van der Waals surface area contributed by atoms with E-state index in [1.165, 1.54) is 0 Å². The summed E-state index contributed by atoms with van der Waals surface area (Å²) in [5.74, 6) is 1.51. The van der Waals surface area contributed by atoms with Gasteiger partial charge in [0.2, 0.25) is 0 Å². The number of hydrogen-bond donors (Lipinski definition) is 2. The minimum atomic E-state index is -0.0785. The van der Waals surface area contributed by atoms with Crippen LogP contribution in [0, 0.1) is 5.92 Å². The van der Waals surface area contributed by atoms with Crippen LogP contribution in [0.5, 0.6) is 5.75 Å². The molecule has 3 aromatic rings. The monoisotopic (exact) mass is 410 g/mol. The number of hydrogen-bond acceptors (Lipinski definition) is 5. The quantitative estimate of drug-likeness (QED) is 0.624. The summed E-state index contributed by atoms with van der Waals surface area (Å²) >= 11 is 0. The number of nitrogens with one attached hydrogen (secondary N) is 2. The second-order valence-corrected chi connectivity index (χ2v) is 8.26. The molecular weight excluding hydrogens is 380 g/mol. The van der Waals surface area contributed by atoms with Crippen LogP contribution in [0.15, 0.2) is 41.2 Å². The number of rotatable bonds is 7. The van der Waals surface area contributed by atoms with Crippen molar-refractivity contribution in [2.24, 2.45) is 5.92 Å². The van der Waals surface area contributed by atoms with Gasteiger partial charge >= 0.3 is 0 Å². The number of fused-ring (bicyclic) bond motifs is 1. The smallest absolute Gasteiger partial charge is 0.272 e. The molecule has 1 aliphatic heterocycles. The lowest BCUT2D eigenvalue weighted by Crippen LogP contribution is -2.28. The van der Waals surface area contributed by atoms with E-state index in [1.807, 2.05) is 30.3 Å². The Kier molecular flexibility index (Phi) is 6.20. The molecule has 7 nitrogen and oxygen atoms in total. The summed E-state index contributed by atoms with van der Waals surface area (Å²) in [6.45, 7) is 6.49. The van der Waals surface area contributed by atoms with Gasteiger partial charge in [-0.1, -0.05) is 26.0 Å². The Hall–Kier alpha value is -2.64. The maximum absolute atomic E-state index is 12.8. The molecule has 1 aromatic carbocycles. The Bertz CT molecular complexity index is 1030. The Labute approximate surface area is 176 Å². The fourth-order valence-corrected chi connectivity index (χ4v) is 4.06. The summed E-state index contributed by atoms with van der Waals surface area (Å²) in [6, 6.07) is 11.6. The van der Waals surface area contributed by atoms with Crippen molar-refractivity contribution in [3.8, 4) is 5.75 Å². The molecule has 2 N–H and O–H groups in total. The number of nitrogens with zero attached hydrogens (tertiary/aromatic N) is 2. The van der Waals surface area contributed by atoms with Gasteiger partial charge in [-0.15, -0.1) is 0 Å². The molecule has 7 heteroatoms. The van der Waals surface area contributed by atoms with Gasteiger partial charge in [0, 0.05) is 43.5 Å². The van der Waals surface area contributed by atoms with E-state index in [2.05, 4.69) is 24.3 Å². The first-order valence-electron chi connectivity index (χ1n) is 10.6. The molecule has 0 aliphatic carbocycles. The molecular formula is C23H30N4O3. The van der Waals surface area contributed by atoms with Gasteiger partial charge < -0.3 is 14.8 Å². The van der Waals surface area contributed by atoms with Crippen LogP contribution in [-0.2, 0) is 11.3 Å². The molecule has 3 heterocycles. The highest BCUT2D eigenvalue weighted by molar-refractivity contribution is 5.41. The van der Waals surface area contributed by atoms with Gasteiger partial charge in [-0.2, -0.15) is 0 Å². The summed E-state index contributed by atoms with van der Waals surface area (Å²) in [6.07, 6.45) is 1.93. The Morgan fingerprint density at radius 2 is 1.97 bits per heavy atom. The second kappa shape index (κ2) is 9.02. The van der Waals surface area contributed by atoms with E-state index in [9.17, 15) is 4.79 Å². The summed E-state index contributed by atoms with van der Waals surface area (Å²) in [4.78, 5) is 17.6. The van der Waals surface area contributed by atoms with Gasteiger partial charge in [0.15, 0.2) is 5.65 Å². The van der Waals surface area contributed by atoms with Crippen molar-refractivity contribution in [2.75, 3.05) is 20.3 Å². The van der Waals surface area contributed by atoms with Crippen LogP contribution in [0.4, 0.5) is 0 Å². The highest BCUT2D eigenvalue weighted by Gasteiger charge is 2.22. The molecule has 0 saturated carbocycles. The lowest BCUT2D eigenvalue weighted by Gasteiger charge is -2.22. The maximum atomic E-state index is 12.8. The molecule has 0 bridgehead atoms. The van der Waals surface area contributed by atoms with Crippen LogP contribution in [0.2, 0.25) is 0 Å². The van der Waals surface area contributed by atoms with Crippen molar-refractivity contribution in [1.82, 2.24) is 19.9 Å². The third-order valence-electron chi connectivity index (χ3n) is 5.82. The SMILES string of the molecule is COc1ccc(CN[C@H](c2cc(=O)n3[nH]c(C4CCOCC4)cc3n2)C(C)C)cc1. The minimum Gasteiger partial charge on any atom is -0.497 e. The molecule has 0 spiro atoms. The van der Waals surface area contributed by atoms with Crippen LogP contribution in [0.25, 0.3) is 5.65 Å². The van der Waals surface area contributed by atoms with E-state index < -0.39 is 0 Å². The average molecular weight is 411 g/mol. The zero-order chi connectivity index (χ0) is 21.1. The molecule has 30 heavy (non-hydrogen) atoms. The number of aromatic nitrogens is 3. The molecule has 4 rings (SSSR count). The van der Waals surface area contributed by atoms with Crippen molar-refractivity contribution >= 4 is 5.65 Å². The molecule has 1 aliphatic rings. The Morgan fingerprint density at radius 1 is 1.23 bits per heavy atom. The molecule has 1 atom stereocenters. The van der Waals surface area contributed by atoms with Gasteiger partial charge in [0.25, 0.3) is 5.56 Å². The standard InChI is InChI=1S/C23H30N4O3/c1-15(2)23(24-14-16-4-6-18(29-3)7-5-16)20-13-22(28)27-21(25-20)12-19(26-27)17-8-10-30-11-9-17/h4-7,12-13,15,17,23-24,26H,8-11,14H2,1-3H3/t23-/m0/s1. The van der Waals surface area contributed by atoms with Gasteiger partial charge in [-0.25, -0.2) is 9.50 Å². The maximum Gasteiger partial charge on any atom is 0.272 e. The number of ether oxygens (including phenoxy) is 2. The zero-order valence-electron chi connectivity index (χ0n) is 17.9. The first-order chi connectivity index (χ1) is 14.5. The summed E-state index contributed by atoms with van der Waals surface area (Å²) in [7, 11) is 1.66. The molecule has 2 aromatic heterocycles. The Morgan fingerprint density at radius 3 is 2.63 bits per heavy atom. The first kappa shape index (κ1) is 20.6. The lowest BCUT2D eigenvalue weighted by molar-refractivity contribution is 0.0844.